The van der Waals surface area contributed by atoms with Gasteiger partial charge in [-0.15, -0.1) is 0 Å². The van der Waals surface area contributed by atoms with Crippen LogP contribution in [0.25, 0.3) is 11.8 Å². The second kappa shape index (κ2) is 9.16. The minimum atomic E-state index is -3.84. The third-order valence-corrected chi connectivity index (χ3v) is 9.46. The SMILES string of the molecule is O=S(=O)(c1ccc(F)cc1)N1CCC2=Cc3c(cnn3-c3ccc(F)cc3)CC2(COc2nccs2)C1. The van der Waals surface area contributed by atoms with Gasteiger partial charge in [-0.3, -0.25) is 0 Å². The van der Waals surface area contributed by atoms with Gasteiger partial charge in [0.25, 0.3) is 5.19 Å². The number of piperidine rings is 1. The molecule has 1 aliphatic heterocycles. The van der Waals surface area contributed by atoms with E-state index >= 15 is 0 Å². The maximum absolute atomic E-state index is 13.5. The van der Waals surface area contributed by atoms with Crippen LogP contribution in [-0.2, 0) is 16.4 Å². The van der Waals surface area contributed by atoms with Gasteiger partial charge in [-0.05, 0) is 73.0 Å². The lowest BCUT2D eigenvalue weighted by Gasteiger charge is -2.45. The lowest BCUT2D eigenvalue weighted by Crippen LogP contribution is -2.51. The molecule has 1 saturated heterocycles. The number of hydrogen-bond donors (Lipinski definition) is 0. The molecule has 2 aliphatic rings. The van der Waals surface area contributed by atoms with Crippen molar-refractivity contribution in [2.24, 2.45) is 5.41 Å². The van der Waals surface area contributed by atoms with Crippen molar-refractivity contribution < 1.29 is 21.9 Å². The molecule has 7 nitrogen and oxygen atoms in total. The van der Waals surface area contributed by atoms with Gasteiger partial charge in [-0.2, -0.15) is 9.40 Å². The van der Waals surface area contributed by atoms with Crippen molar-refractivity contribution in [1.29, 1.82) is 0 Å². The first kappa shape index (κ1) is 24.0. The average molecular weight is 541 g/mol. The normalized spacial score (nSPS) is 19.7. The minimum absolute atomic E-state index is 0.0537. The van der Waals surface area contributed by atoms with E-state index in [9.17, 15) is 17.2 Å². The summed E-state index contributed by atoms with van der Waals surface area (Å²) >= 11 is 1.37. The predicted molar refractivity (Wildman–Crippen MR) is 135 cm³/mol. The van der Waals surface area contributed by atoms with Gasteiger partial charge >= 0.3 is 0 Å². The molecule has 0 radical (unpaired) electrons. The molecule has 2 aromatic heterocycles. The van der Waals surface area contributed by atoms with Crippen molar-refractivity contribution in [3.05, 3.63) is 94.8 Å². The van der Waals surface area contributed by atoms with E-state index in [1.165, 1.54) is 39.9 Å². The van der Waals surface area contributed by atoms with Crippen molar-refractivity contribution in [3.63, 3.8) is 0 Å². The maximum atomic E-state index is 13.5. The van der Waals surface area contributed by atoms with Crippen LogP contribution in [0.3, 0.4) is 0 Å². The van der Waals surface area contributed by atoms with Crippen LogP contribution in [-0.4, -0.2) is 47.2 Å². The Balaban J connectivity index is 1.37. The molecule has 1 fully saturated rings. The van der Waals surface area contributed by atoms with Gasteiger partial charge in [0.2, 0.25) is 10.0 Å². The number of halogens is 2. The minimum Gasteiger partial charge on any atom is -0.469 e. The van der Waals surface area contributed by atoms with Crippen LogP contribution in [0.2, 0.25) is 0 Å². The summed E-state index contributed by atoms with van der Waals surface area (Å²) in [6, 6.07) is 11.0. The lowest BCUT2D eigenvalue weighted by atomic mass is 9.69. The predicted octanol–water partition coefficient (Wildman–Crippen LogP) is 4.71. The number of thiazole rings is 1. The monoisotopic (exact) mass is 540 g/mol. The van der Waals surface area contributed by atoms with E-state index in [0.717, 1.165) is 34.7 Å². The van der Waals surface area contributed by atoms with E-state index in [2.05, 4.69) is 16.2 Å². The molecular weight excluding hydrogens is 518 g/mol. The summed E-state index contributed by atoms with van der Waals surface area (Å²) in [5.41, 5.74) is 2.99. The smallest absolute Gasteiger partial charge is 0.273 e. The van der Waals surface area contributed by atoms with Crippen LogP contribution in [0.15, 0.2) is 76.8 Å². The topological polar surface area (TPSA) is 77.3 Å². The number of sulfonamides is 1. The van der Waals surface area contributed by atoms with Crippen molar-refractivity contribution in [3.8, 4) is 10.9 Å². The van der Waals surface area contributed by atoms with Gasteiger partial charge in [-0.25, -0.2) is 26.9 Å². The van der Waals surface area contributed by atoms with Crippen molar-refractivity contribution in [2.75, 3.05) is 19.7 Å². The lowest BCUT2D eigenvalue weighted by molar-refractivity contribution is 0.125. The quantitative estimate of drug-likeness (QED) is 0.354. The third-order valence-electron chi connectivity index (χ3n) is 6.92. The Morgan fingerprint density at radius 2 is 1.78 bits per heavy atom. The number of fused-ring (bicyclic) bond motifs is 2. The molecule has 3 heterocycles. The number of aromatic nitrogens is 3. The standard InChI is InChI=1S/C26H22F2N4O3S2/c27-20-1-5-22(6-2-20)32-24-13-19-9-11-31(37(33,34)23-7-3-21(28)4-8-23)16-26(19,14-18(24)15-30-32)17-35-25-29-10-12-36-25/h1-8,10,12-13,15H,9,11,14,16-17H2. The van der Waals surface area contributed by atoms with Crippen LogP contribution >= 0.6 is 11.3 Å². The second-order valence-electron chi connectivity index (χ2n) is 9.20. The first-order chi connectivity index (χ1) is 17.8. The van der Waals surface area contributed by atoms with Crippen molar-refractivity contribution in [2.45, 2.75) is 17.7 Å². The summed E-state index contributed by atoms with van der Waals surface area (Å²) in [7, 11) is -3.84. The Morgan fingerprint density at radius 3 is 2.49 bits per heavy atom. The van der Waals surface area contributed by atoms with Gasteiger partial charge in [-0.1, -0.05) is 16.9 Å². The molecule has 1 aliphatic carbocycles. The molecule has 37 heavy (non-hydrogen) atoms. The van der Waals surface area contributed by atoms with Gasteiger partial charge < -0.3 is 4.74 Å². The Labute approximate surface area is 216 Å². The zero-order valence-electron chi connectivity index (χ0n) is 19.5. The number of hydrogen-bond acceptors (Lipinski definition) is 6. The summed E-state index contributed by atoms with van der Waals surface area (Å²) in [4.78, 5) is 4.27. The zero-order valence-corrected chi connectivity index (χ0v) is 21.2. The molecular formula is C26H22F2N4O3S2. The van der Waals surface area contributed by atoms with Gasteiger partial charge in [0.15, 0.2) is 0 Å². The van der Waals surface area contributed by atoms with Gasteiger partial charge in [0.05, 0.1) is 22.5 Å². The summed E-state index contributed by atoms with van der Waals surface area (Å²) in [5, 5.41) is 6.89. The highest BCUT2D eigenvalue weighted by atomic mass is 32.2. The largest absolute Gasteiger partial charge is 0.469 e. The first-order valence-electron chi connectivity index (χ1n) is 11.7. The van der Waals surface area contributed by atoms with Crippen LogP contribution in [0.1, 0.15) is 17.7 Å². The molecule has 1 unspecified atom stereocenters. The Hall–Kier alpha value is -3.41. The van der Waals surface area contributed by atoms with Gasteiger partial charge in [0, 0.05) is 30.1 Å². The highest BCUT2D eigenvalue weighted by molar-refractivity contribution is 7.89. The molecule has 2 aromatic carbocycles. The van der Waals surface area contributed by atoms with E-state index in [1.54, 1.807) is 29.2 Å². The number of benzene rings is 2. The fourth-order valence-corrected chi connectivity index (χ4v) is 7.07. The fraction of sp³-hybridized carbons (Fsp3) is 0.231. The highest BCUT2D eigenvalue weighted by Gasteiger charge is 2.47. The molecule has 4 aromatic rings. The van der Waals surface area contributed by atoms with Crippen molar-refractivity contribution in [1.82, 2.24) is 19.1 Å². The number of ether oxygens (including phenoxy) is 1. The Bertz CT molecular complexity index is 1570. The van der Waals surface area contributed by atoms with Crippen LogP contribution in [0, 0.1) is 17.0 Å². The molecule has 0 amide bonds. The summed E-state index contributed by atoms with van der Waals surface area (Å²) in [6.07, 6.45) is 6.49. The molecule has 190 valence electrons. The Kier molecular flexibility index (Phi) is 5.93. The van der Waals surface area contributed by atoms with E-state index < -0.39 is 21.3 Å². The van der Waals surface area contributed by atoms with E-state index in [1.807, 2.05) is 5.38 Å². The summed E-state index contributed by atoms with van der Waals surface area (Å²) in [6.45, 7) is 0.721. The third kappa shape index (κ3) is 4.36. The van der Waals surface area contributed by atoms with E-state index in [4.69, 9.17) is 4.74 Å². The van der Waals surface area contributed by atoms with Crippen molar-refractivity contribution >= 4 is 27.4 Å². The van der Waals surface area contributed by atoms with Crippen LogP contribution < -0.4 is 4.74 Å². The molecule has 6 rings (SSSR count). The zero-order chi connectivity index (χ0) is 25.6. The number of nitrogens with zero attached hydrogens (tertiary/aromatic N) is 4. The Morgan fingerprint density at radius 1 is 1.05 bits per heavy atom. The van der Waals surface area contributed by atoms with Crippen LogP contribution in [0.4, 0.5) is 8.78 Å². The molecule has 1 atom stereocenters. The molecule has 0 bridgehead atoms. The molecule has 0 saturated carbocycles. The average Bonchev–Trinajstić information content (AvgIpc) is 3.56. The number of rotatable bonds is 6. The fourth-order valence-electron chi connectivity index (χ4n) is 5.05. The molecule has 11 heteroatoms. The first-order valence-corrected chi connectivity index (χ1v) is 14.0. The second-order valence-corrected chi connectivity index (χ2v) is 12.0. The maximum Gasteiger partial charge on any atom is 0.273 e. The summed E-state index contributed by atoms with van der Waals surface area (Å²) < 4.78 is 63.2. The van der Waals surface area contributed by atoms with E-state index in [-0.39, 0.29) is 30.4 Å². The van der Waals surface area contributed by atoms with E-state index in [0.29, 0.717) is 18.0 Å². The van der Waals surface area contributed by atoms with Gasteiger partial charge in [0.1, 0.15) is 18.2 Å². The van der Waals surface area contributed by atoms with Crippen LogP contribution in [0.5, 0.6) is 5.19 Å². The molecule has 0 N–H and O–H groups in total. The highest BCUT2D eigenvalue weighted by Crippen LogP contribution is 2.45. The summed E-state index contributed by atoms with van der Waals surface area (Å²) in [5.74, 6) is -0.815. The molecule has 0 spiro atoms.